The number of hydrogen-bond acceptors (Lipinski definition) is 3. The van der Waals surface area contributed by atoms with Crippen LogP contribution in [0.15, 0.2) is 16.8 Å². The topological polar surface area (TPSA) is 37.3 Å². The third-order valence-corrected chi connectivity index (χ3v) is 6.38. The van der Waals surface area contributed by atoms with Crippen LogP contribution in [-0.2, 0) is 10.4 Å². The highest BCUT2D eigenvalue weighted by atomic mass is 32.1. The van der Waals surface area contributed by atoms with E-state index in [-0.39, 0.29) is 11.7 Å². The summed E-state index contributed by atoms with van der Waals surface area (Å²) in [6.07, 6.45) is 5.86. The zero-order valence-electron chi connectivity index (χ0n) is 13.8. The summed E-state index contributed by atoms with van der Waals surface area (Å²) in [6, 6.07) is 1.94. The predicted octanol–water partition coefficient (Wildman–Crippen LogP) is 3.18. The van der Waals surface area contributed by atoms with Crippen LogP contribution in [0, 0.1) is 11.8 Å². The number of thiophene rings is 1. The van der Waals surface area contributed by atoms with E-state index >= 15 is 0 Å². The van der Waals surface area contributed by atoms with Crippen LogP contribution in [0.2, 0.25) is 0 Å². The van der Waals surface area contributed by atoms with Gasteiger partial charge in [0.2, 0.25) is 0 Å². The Morgan fingerprint density at radius 3 is 2.64 bits per heavy atom. The molecule has 3 nitrogen and oxygen atoms in total. The molecule has 22 heavy (non-hydrogen) atoms. The summed E-state index contributed by atoms with van der Waals surface area (Å²) in [7, 11) is 4.46. The lowest BCUT2D eigenvalue weighted by molar-refractivity contribution is -0.879. The maximum absolute atomic E-state index is 13.1. The average molecular weight is 322 g/mol. The van der Waals surface area contributed by atoms with Gasteiger partial charge in [-0.05, 0) is 35.6 Å². The van der Waals surface area contributed by atoms with Crippen molar-refractivity contribution in [2.24, 2.45) is 11.8 Å². The quantitative estimate of drug-likeness (QED) is 0.846. The summed E-state index contributed by atoms with van der Waals surface area (Å²) in [6.45, 7) is 2.19. The molecular weight excluding hydrogens is 294 g/mol. The lowest BCUT2D eigenvalue weighted by Crippen LogP contribution is -2.43. The third-order valence-electron chi connectivity index (χ3n) is 5.70. The summed E-state index contributed by atoms with van der Waals surface area (Å²) < 4.78 is 0.998. The Labute approximate surface area is 137 Å². The fourth-order valence-electron chi connectivity index (χ4n) is 4.45. The minimum atomic E-state index is -1.24. The number of Topliss-reactive ketones (excluding diaryl/α,β-unsaturated/α-hetero) is 1. The summed E-state index contributed by atoms with van der Waals surface area (Å²) >= 11 is 1.57. The number of nitrogens with zero attached hydrogens (tertiary/aromatic N) is 1. The van der Waals surface area contributed by atoms with Crippen LogP contribution >= 0.6 is 11.3 Å². The van der Waals surface area contributed by atoms with Crippen LogP contribution < -0.4 is 0 Å². The van der Waals surface area contributed by atoms with Gasteiger partial charge in [-0.3, -0.25) is 4.79 Å². The average Bonchev–Trinajstić information content (AvgIpc) is 3.19. The number of likely N-dealkylation sites (tertiary alicyclic amines) is 1. The molecule has 1 aliphatic carbocycles. The van der Waals surface area contributed by atoms with Crippen molar-refractivity contribution in [2.45, 2.75) is 44.1 Å². The van der Waals surface area contributed by atoms with Crippen LogP contribution in [0.5, 0.6) is 0 Å². The van der Waals surface area contributed by atoms with Gasteiger partial charge in [0, 0.05) is 24.3 Å². The first-order valence-corrected chi connectivity index (χ1v) is 9.46. The molecule has 2 aliphatic rings. The highest BCUT2D eigenvalue weighted by Gasteiger charge is 2.47. The van der Waals surface area contributed by atoms with Gasteiger partial charge >= 0.3 is 0 Å². The first-order valence-electron chi connectivity index (χ1n) is 8.52. The van der Waals surface area contributed by atoms with Crippen molar-refractivity contribution in [3.8, 4) is 0 Å². The molecule has 0 amide bonds. The number of aliphatic hydroxyl groups is 1. The second kappa shape index (κ2) is 6.06. The van der Waals surface area contributed by atoms with Gasteiger partial charge in [0.1, 0.15) is 0 Å². The number of rotatable bonds is 5. The second-order valence-electron chi connectivity index (χ2n) is 7.88. The molecule has 1 saturated carbocycles. The van der Waals surface area contributed by atoms with E-state index < -0.39 is 5.60 Å². The molecule has 0 unspecified atom stereocenters. The molecule has 1 saturated heterocycles. The number of quaternary nitrogens is 1. The molecule has 122 valence electrons. The van der Waals surface area contributed by atoms with Crippen molar-refractivity contribution in [2.75, 3.05) is 27.2 Å². The van der Waals surface area contributed by atoms with Gasteiger partial charge in [0.05, 0.1) is 27.2 Å². The molecule has 0 bridgehead atoms. The van der Waals surface area contributed by atoms with Gasteiger partial charge in [0.15, 0.2) is 11.4 Å². The van der Waals surface area contributed by atoms with E-state index in [9.17, 15) is 9.90 Å². The van der Waals surface area contributed by atoms with E-state index in [0.29, 0.717) is 12.3 Å². The number of carbonyl (C=O) groups is 1. The summed E-state index contributed by atoms with van der Waals surface area (Å²) in [5.41, 5.74) is -0.405. The van der Waals surface area contributed by atoms with E-state index in [1.807, 2.05) is 16.8 Å². The summed E-state index contributed by atoms with van der Waals surface area (Å²) in [4.78, 5) is 13.1. The second-order valence-corrected chi connectivity index (χ2v) is 8.66. The van der Waals surface area contributed by atoms with Crippen LogP contribution in [0.3, 0.4) is 0 Å². The molecule has 1 N–H and O–H groups in total. The fourth-order valence-corrected chi connectivity index (χ4v) is 5.16. The third kappa shape index (κ3) is 3.01. The molecule has 1 aromatic heterocycles. The molecule has 1 aliphatic heterocycles. The SMILES string of the molecule is C[N+]1(C)CC[C@@H](CC(=O)[C@](O)(c2ccsc2)C2CCCC2)C1. The van der Waals surface area contributed by atoms with Gasteiger partial charge in [-0.1, -0.05) is 12.8 Å². The first-order chi connectivity index (χ1) is 10.4. The van der Waals surface area contributed by atoms with E-state index in [2.05, 4.69) is 14.1 Å². The van der Waals surface area contributed by atoms with Gasteiger partial charge in [0.25, 0.3) is 0 Å². The van der Waals surface area contributed by atoms with Crippen molar-refractivity contribution in [3.63, 3.8) is 0 Å². The van der Waals surface area contributed by atoms with Crippen molar-refractivity contribution in [1.82, 2.24) is 0 Å². The Balaban J connectivity index is 1.79. The van der Waals surface area contributed by atoms with Gasteiger partial charge < -0.3 is 9.59 Å². The van der Waals surface area contributed by atoms with Crippen LogP contribution in [0.25, 0.3) is 0 Å². The number of hydrogen-bond donors (Lipinski definition) is 1. The first kappa shape index (κ1) is 16.2. The minimum Gasteiger partial charge on any atom is -0.377 e. The predicted molar refractivity (Wildman–Crippen MR) is 89.7 cm³/mol. The monoisotopic (exact) mass is 322 g/mol. The largest absolute Gasteiger partial charge is 0.377 e. The Morgan fingerprint density at radius 1 is 1.36 bits per heavy atom. The molecule has 1 aromatic rings. The lowest BCUT2D eigenvalue weighted by atomic mass is 9.75. The van der Waals surface area contributed by atoms with E-state index in [1.54, 1.807) is 11.3 Å². The zero-order valence-corrected chi connectivity index (χ0v) is 14.6. The lowest BCUT2D eigenvalue weighted by Gasteiger charge is -2.33. The van der Waals surface area contributed by atoms with Crippen LogP contribution in [-0.4, -0.2) is 42.6 Å². The number of carbonyl (C=O) groups excluding carboxylic acids is 1. The van der Waals surface area contributed by atoms with Gasteiger partial charge in [-0.2, -0.15) is 11.3 Å². The Bertz CT molecular complexity index is 519. The molecule has 2 atom stereocenters. The van der Waals surface area contributed by atoms with Gasteiger partial charge in [-0.25, -0.2) is 0 Å². The molecule has 2 heterocycles. The molecule has 0 aromatic carbocycles. The number of ketones is 1. The molecule has 4 heteroatoms. The Hall–Kier alpha value is -0.710. The fraction of sp³-hybridized carbons (Fsp3) is 0.722. The van der Waals surface area contributed by atoms with Crippen molar-refractivity contribution >= 4 is 17.1 Å². The minimum absolute atomic E-state index is 0.0599. The Kier molecular flexibility index (Phi) is 4.45. The van der Waals surface area contributed by atoms with Gasteiger partial charge in [-0.15, -0.1) is 0 Å². The standard InChI is InChI=1S/C18H28NO2S/c1-19(2)9-7-14(12-19)11-17(20)18(21,15-5-3-4-6-15)16-8-10-22-13-16/h8,10,13-15,21H,3-7,9,11-12H2,1-2H3/q+1/t14-,18+/m0/s1. The zero-order chi connectivity index (χ0) is 15.8. The Morgan fingerprint density at radius 2 is 2.09 bits per heavy atom. The van der Waals surface area contributed by atoms with Crippen molar-refractivity contribution in [3.05, 3.63) is 22.4 Å². The maximum atomic E-state index is 13.1. The van der Waals surface area contributed by atoms with Crippen LogP contribution in [0.1, 0.15) is 44.1 Å². The van der Waals surface area contributed by atoms with E-state index in [0.717, 1.165) is 55.2 Å². The highest BCUT2D eigenvalue weighted by molar-refractivity contribution is 7.08. The maximum Gasteiger partial charge on any atom is 0.169 e. The normalized spacial score (nSPS) is 27.9. The molecule has 3 rings (SSSR count). The van der Waals surface area contributed by atoms with E-state index in [1.165, 1.54) is 0 Å². The van der Waals surface area contributed by atoms with Crippen molar-refractivity contribution in [1.29, 1.82) is 0 Å². The molecule has 0 radical (unpaired) electrons. The smallest absolute Gasteiger partial charge is 0.169 e. The van der Waals surface area contributed by atoms with E-state index in [4.69, 9.17) is 0 Å². The summed E-state index contributed by atoms with van der Waals surface area (Å²) in [5, 5.41) is 15.3. The van der Waals surface area contributed by atoms with Crippen LogP contribution in [0.4, 0.5) is 0 Å². The molecular formula is C18H28NO2S+. The highest BCUT2D eigenvalue weighted by Crippen LogP contribution is 2.43. The molecule has 2 fully saturated rings. The van der Waals surface area contributed by atoms with Crippen molar-refractivity contribution < 1.29 is 14.4 Å². The molecule has 0 spiro atoms. The summed E-state index contributed by atoms with van der Waals surface area (Å²) in [5.74, 6) is 0.595.